The van der Waals surface area contributed by atoms with Crippen LogP contribution >= 0.6 is 0 Å². The summed E-state index contributed by atoms with van der Waals surface area (Å²) in [5.74, 6) is -0.293. The summed E-state index contributed by atoms with van der Waals surface area (Å²) in [5.41, 5.74) is 0.810. The smallest absolute Gasteiger partial charge is 0.270 e. The molecular weight excluding hydrogens is 467 g/mol. The van der Waals surface area contributed by atoms with E-state index in [0.717, 1.165) is 5.56 Å². The van der Waals surface area contributed by atoms with Gasteiger partial charge in [0.2, 0.25) is 0 Å². The SMILES string of the molecule is CC1(F)CCC(CNC(=O)c2cc(C(=O)NCc3ccc4c(c3)NC(=O)CO4)nc3ccnn23)CC1. The van der Waals surface area contributed by atoms with E-state index in [9.17, 15) is 18.8 Å². The Hall–Kier alpha value is -4.02. The molecule has 3 aromatic rings. The van der Waals surface area contributed by atoms with Crippen LogP contribution in [-0.4, -0.2) is 51.1 Å². The van der Waals surface area contributed by atoms with Crippen molar-refractivity contribution in [2.45, 2.75) is 44.8 Å². The van der Waals surface area contributed by atoms with E-state index in [1.807, 2.05) is 0 Å². The van der Waals surface area contributed by atoms with E-state index in [4.69, 9.17) is 4.74 Å². The number of amides is 3. The van der Waals surface area contributed by atoms with Crippen LogP contribution in [0.4, 0.5) is 10.1 Å². The number of nitrogens with one attached hydrogen (secondary N) is 3. The highest BCUT2D eigenvalue weighted by Crippen LogP contribution is 2.34. The lowest BCUT2D eigenvalue weighted by Gasteiger charge is -2.31. The summed E-state index contributed by atoms with van der Waals surface area (Å²) in [6.07, 6.45) is 3.91. The van der Waals surface area contributed by atoms with Crippen molar-refractivity contribution in [2.24, 2.45) is 5.92 Å². The molecule has 188 valence electrons. The molecule has 2 aliphatic rings. The molecule has 5 rings (SSSR count). The summed E-state index contributed by atoms with van der Waals surface area (Å²) >= 11 is 0. The molecule has 3 heterocycles. The Morgan fingerprint density at radius 2 is 2.00 bits per heavy atom. The van der Waals surface area contributed by atoms with Crippen molar-refractivity contribution < 1.29 is 23.5 Å². The zero-order valence-electron chi connectivity index (χ0n) is 19.8. The van der Waals surface area contributed by atoms with Gasteiger partial charge in [-0.05, 0) is 56.2 Å². The van der Waals surface area contributed by atoms with Gasteiger partial charge in [0, 0.05) is 25.2 Å². The van der Waals surface area contributed by atoms with Gasteiger partial charge in [-0.2, -0.15) is 5.10 Å². The minimum atomic E-state index is -1.13. The number of aromatic nitrogens is 3. The third kappa shape index (κ3) is 5.14. The average Bonchev–Trinajstić information content (AvgIpc) is 3.34. The van der Waals surface area contributed by atoms with Crippen molar-refractivity contribution >= 4 is 29.1 Å². The topological polar surface area (TPSA) is 127 Å². The van der Waals surface area contributed by atoms with Crippen molar-refractivity contribution in [1.29, 1.82) is 0 Å². The Kier molecular flexibility index (Phi) is 6.29. The van der Waals surface area contributed by atoms with E-state index in [1.54, 1.807) is 31.2 Å². The Morgan fingerprint density at radius 3 is 2.81 bits per heavy atom. The van der Waals surface area contributed by atoms with Crippen molar-refractivity contribution in [1.82, 2.24) is 25.2 Å². The van der Waals surface area contributed by atoms with Crippen molar-refractivity contribution in [2.75, 3.05) is 18.5 Å². The van der Waals surface area contributed by atoms with Gasteiger partial charge in [-0.3, -0.25) is 14.4 Å². The predicted octanol–water partition coefficient (Wildman–Crippen LogP) is 2.64. The monoisotopic (exact) mass is 494 g/mol. The van der Waals surface area contributed by atoms with E-state index < -0.39 is 11.6 Å². The molecule has 1 saturated carbocycles. The lowest BCUT2D eigenvalue weighted by Crippen LogP contribution is -2.35. The Balaban J connectivity index is 1.26. The normalized spacial score (nSPS) is 21.3. The van der Waals surface area contributed by atoms with Gasteiger partial charge in [0.1, 0.15) is 22.8 Å². The standard InChI is InChI=1S/C25H27FN6O4/c1-25(26)7-4-15(5-8-25)12-28-24(35)19-11-18(30-21-6-9-29-32(19)21)23(34)27-13-16-2-3-20-17(10-16)31-22(33)14-36-20/h2-3,6,9-11,15H,4-5,7-8,12-14H2,1H3,(H,27,34)(H,28,35)(H,31,33). The number of fused-ring (bicyclic) bond motifs is 2. The van der Waals surface area contributed by atoms with Crippen LogP contribution < -0.4 is 20.7 Å². The molecule has 1 aliphatic heterocycles. The number of hydrogen-bond donors (Lipinski definition) is 3. The fraction of sp³-hybridized carbons (Fsp3) is 0.400. The highest BCUT2D eigenvalue weighted by atomic mass is 19.1. The van der Waals surface area contributed by atoms with Crippen molar-refractivity contribution in [3.05, 3.63) is 53.5 Å². The van der Waals surface area contributed by atoms with Gasteiger partial charge >= 0.3 is 0 Å². The Bertz CT molecular complexity index is 1330. The van der Waals surface area contributed by atoms with Gasteiger partial charge < -0.3 is 20.7 Å². The summed E-state index contributed by atoms with van der Waals surface area (Å²) in [6, 6.07) is 8.28. The molecule has 0 spiro atoms. The van der Waals surface area contributed by atoms with E-state index >= 15 is 0 Å². The van der Waals surface area contributed by atoms with Gasteiger partial charge in [0.05, 0.1) is 11.9 Å². The third-order valence-electron chi connectivity index (χ3n) is 6.65. The minimum absolute atomic E-state index is 0.0283. The largest absolute Gasteiger partial charge is 0.482 e. The van der Waals surface area contributed by atoms with Crippen LogP contribution in [0.3, 0.4) is 0 Å². The lowest BCUT2D eigenvalue weighted by molar-refractivity contribution is -0.118. The van der Waals surface area contributed by atoms with Crippen molar-refractivity contribution in [3.63, 3.8) is 0 Å². The number of rotatable bonds is 6. The molecule has 0 bridgehead atoms. The molecule has 10 nitrogen and oxygen atoms in total. The number of nitrogens with zero attached hydrogens (tertiary/aromatic N) is 3. The van der Waals surface area contributed by atoms with Gasteiger partial charge in [0.15, 0.2) is 12.3 Å². The van der Waals surface area contributed by atoms with Crippen LogP contribution in [0.5, 0.6) is 5.75 Å². The van der Waals surface area contributed by atoms with Crippen molar-refractivity contribution in [3.8, 4) is 5.75 Å². The number of anilines is 1. The number of ether oxygens (including phenoxy) is 1. The third-order valence-corrected chi connectivity index (χ3v) is 6.65. The maximum absolute atomic E-state index is 14.1. The number of carbonyl (C=O) groups excluding carboxylic acids is 3. The molecule has 36 heavy (non-hydrogen) atoms. The fourth-order valence-electron chi connectivity index (χ4n) is 4.52. The number of halogens is 1. The van der Waals surface area contributed by atoms with Crippen LogP contribution in [0.25, 0.3) is 5.65 Å². The van der Waals surface area contributed by atoms with Gasteiger partial charge in [-0.25, -0.2) is 13.9 Å². The highest BCUT2D eigenvalue weighted by molar-refractivity contribution is 5.98. The zero-order chi connectivity index (χ0) is 25.3. The molecule has 0 radical (unpaired) electrons. The Labute approximate surface area is 206 Å². The maximum Gasteiger partial charge on any atom is 0.270 e. The first kappa shape index (κ1) is 23.7. The molecule has 0 saturated heterocycles. The molecule has 3 amide bonds. The van der Waals surface area contributed by atoms with E-state index in [1.165, 1.54) is 16.8 Å². The van der Waals surface area contributed by atoms with Gasteiger partial charge in [-0.1, -0.05) is 6.07 Å². The first-order valence-corrected chi connectivity index (χ1v) is 11.9. The summed E-state index contributed by atoms with van der Waals surface area (Å²) in [5, 5.41) is 12.6. The Morgan fingerprint density at radius 1 is 1.19 bits per heavy atom. The minimum Gasteiger partial charge on any atom is -0.482 e. The van der Waals surface area contributed by atoms with Crippen LogP contribution in [0, 0.1) is 5.92 Å². The second-order valence-electron chi connectivity index (χ2n) is 9.54. The fourth-order valence-corrected chi connectivity index (χ4v) is 4.52. The number of benzene rings is 1. The maximum atomic E-state index is 14.1. The molecule has 1 aromatic carbocycles. The highest BCUT2D eigenvalue weighted by Gasteiger charge is 2.31. The molecule has 0 atom stereocenters. The number of hydrogen-bond acceptors (Lipinski definition) is 6. The average molecular weight is 495 g/mol. The summed E-state index contributed by atoms with van der Waals surface area (Å²) in [7, 11) is 0. The lowest BCUT2D eigenvalue weighted by atomic mass is 9.81. The van der Waals surface area contributed by atoms with Gasteiger partial charge in [-0.15, -0.1) is 0 Å². The van der Waals surface area contributed by atoms with E-state index in [2.05, 4.69) is 26.0 Å². The second-order valence-corrected chi connectivity index (χ2v) is 9.54. The molecule has 11 heteroatoms. The van der Waals surface area contributed by atoms with E-state index in [0.29, 0.717) is 49.3 Å². The molecule has 1 fully saturated rings. The van der Waals surface area contributed by atoms with Crippen LogP contribution in [0.1, 0.15) is 59.1 Å². The summed E-state index contributed by atoms with van der Waals surface area (Å²) < 4.78 is 20.8. The van der Waals surface area contributed by atoms with Crippen LogP contribution in [0.15, 0.2) is 36.5 Å². The molecule has 0 unspecified atom stereocenters. The number of alkyl halides is 1. The molecular formula is C25H27FN6O4. The number of carbonyl (C=O) groups is 3. The summed E-state index contributed by atoms with van der Waals surface area (Å²) in [6.45, 7) is 2.21. The quantitative estimate of drug-likeness (QED) is 0.484. The second kappa shape index (κ2) is 9.56. The van der Waals surface area contributed by atoms with Crippen LogP contribution in [0.2, 0.25) is 0 Å². The van der Waals surface area contributed by atoms with Gasteiger partial charge in [0.25, 0.3) is 17.7 Å². The molecule has 3 N–H and O–H groups in total. The molecule has 1 aliphatic carbocycles. The van der Waals surface area contributed by atoms with Crippen LogP contribution in [-0.2, 0) is 11.3 Å². The van der Waals surface area contributed by atoms with E-state index in [-0.39, 0.29) is 42.3 Å². The predicted molar refractivity (Wildman–Crippen MR) is 129 cm³/mol. The molecule has 2 aromatic heterocycles. The zero-order valence-corrected chi connectivity index (χ0v) is 19.8. The summed E-state index contributed by atoms with van der Waals surface area (Å²) in [4.78, 5) is 41.8. The first-order chi connectivity index (χ1) is 17.3. The first-order valence-electron chi connectivity index (χ1n) is 11.9.